The van der Waals surface area contributed by atoms with E-state index in [0.29, 0.717) is 11.1 Å². The summed E-state index contributed by atoms with van der Waals surface area (Å²) in [4.78, 5) is 16.0. The fourth-order valence-electron chi connectivity index (χ4n) is 6.30. The molecule has 40 heavy (non-hydrogen) atoms. The minimum atomic E-state index is -0.296. The highest BCUT2D eigenvalue weighted by molar-refractivity contribution is 14.1. The molecule has 6 heteroatoms. The molecule has 1 aliphatic carbocycles. The van der Waals surface area contributed by atoms with Crippen molar-refractivity contribution in [3.63, 3.8) is 0 Å². The molecule has 0 N–H and O–H groups in total. The number of carbonyl (C=O) groups excluding carboxylic acids is 1. The van der Waals surface area contributed by atoms with E-state index in [-0.39, 0.29) is 22.4 Å². The number of hydrogen-bond acceptors (Lipinski definition) is 3. The summed E-state index contributed by atoms with van der Waals surface area (Å²) in [6, 6.07) is 13.1. The van der Waals surface area contributed by atoms with Crippen molar-refractivity contribution in [1.29, 1.82) is 0 Å². The number of benzene rings is 2. The molecule has 0 radical (unpaired) electrons. The van der Waals surface area contributed by atoms with Gasteiger partial charge in [0.15, 0.2) is 11.5 Å². The number of anilines is 1. The van der Waals surface area contributed by atoms with Crippen LogP contribution in [0.3, 0.4) is 0 Å². The van der Waals surface area contributed by atoms with E-state index in [2.05, 4.69) is 133 Å². The van der Waals surface area contributed by atoms with Crippen LogP contribution in [0.5, 0.6) is 0 Å². The normalized spacial score (nSPS) is 21.0. The number of carbonyl (C=O) groups is 1. The number of halogens is 2. The first-order valence-electron chi connectivity index (χ1n) is 14.4. The lowest BCUT2D eigenvalue weighted by Crippen LogP contribution is -2.35. The van der Waals surface area contributed by atoms with Gasteiger partial charge >= 0.3 is 0 Å². The van der Waals surface area contributed by atoms with Crippen LogP contribution in [-0.2, 0) is 15.6 Å². The third kappa shape index (κ3) is 4.80. The van der Waals surface area contributed by atoms with E-state index in [9.17, 15) is 9.90 Å². The molecule has 210 valence electrons. The lowest BCUT2D eigenvalue weighted by atomic mass is 9.77. The molecule has 2 aromatic rings. The number of rotatable bonds is 8. The Morgan fingerprint density at radius 1 is 0.900 bits per heavy atom. The summed E-state index contributed by atoms with van der Waals surface area (Å²) in [7, 11) is 0. The van der Waals surface area contributed by atoms with Crippen molar-refractivity contribution in [3.8, 4) is 0 Å². The standard InChI is InChI=1S/C34H38I2N2O2/c1-7-9-15-37-27-13-11-21(35)17-25(27)33(3,4)29(37)19-23-31(39)24(32(23)40)20-30-34(5,6)26-18-22(36)12-14-28(26)38(30)16-10-8-2/h11-14,17-20H,7-10,15-16H2,1-6H3. The SMILES string of the molecule is CCCCN1/C(=C/C2=C([O-])C(=C/C3=[N+](CCCC)c4ccc(I)cc4C3(C)C)/C2=O)C(C)(C)c2cc(I)ccc21. The number of ketones is 1. The zero-order valence-corrected chi connectivity index (χ0v) is 28.6. The van der Waals surface area contributed by atoms with Gasteiger partial charge in [0.1, 0.15) is 6.54 Å². The van der Waals surface area contributed by atoms with Gasteiger partial charge in [-0.25, -0.2) is 0 Å². The van der Waals surface area contributed by atoms with Gasteiger partial charge in [-0.05, 0) is 107 Å². The average molecular weight is 760 g/mol. The van der Waals surface area contributed by atoms with Crippen molar-refractivity contribution in [2.24, 2.45) is 0 Å². The molecule has 3 aliphatic rings. The van der Waals surface area contributed by atoms with Gasteiger partial charge in [0, 0.05) is 65.8 Å². The van der Waals surface area contributed by atoms with Crippen LogP contribution in [0.4, 0.5) is 11.4 Å². The average Bonchev–Trinajstić information content (AvgIpc) is 3.25. The van der Waals surface area contributed by atoms with Crippen LogP contribution in [0.2, 0.25) is 0 Å². The van der Waals surface area contributed by atoms with E-state index in [4.69, 9.17) is 0 Å². The molecule has 2 heterocycles. The maximum absolute atomic E-state index is 13.6. The summed E-state index contributed by atoms with van der Waals surface area (Å²) in [6.07, 6.45) is 8.02. The van der Waals surface area contributed by atoms with Crippen molar-refractivity contribution in [2.75, 3.05) is 18.0 Å². The van der Waals surface area contributed by atoms with E-state index >= 15 is 0 Å². The molecule has 0 aromatic heterocycles. The van der Waals surface area contributed by atoms with E-state index in [0.717, 1.165) is 50.2 Å². The van der Waals surface area contributed by atoms with Gasteiger partial charge in [-0.3, -0.25) is 4.79 Å². The van der Waals surface area contributed by atoms with Crippen molar-refractivity contribution in [1.82, 2.24) is 0 Å². The molecular formula is C34H38I2N2O2. The van der Waals surface area contributed by atoms with Crippen LogP contribution in [0, 0.1) is 7.14 Å². The van der Waals surface area contributed by atoms with E-state index in [1.165, 1.54) is 29.6 Å². The van der Waals surface area contributed by atoms with Gasteiger partial charge < -0.3 is 10.0 Å². The maximum atomic E-state index is 13.6. The quantitative estimate of drug-likeness (QED) is 0.158. The third-order valence-corrected chi connectivity index (χ3v) is 10.1. The highest BCUT2D eigenvalue weighted by Crippen LogP contribution is 2.49. The van der Waals surface area contributed by atoms with Crippen LogP contribution in [-0.4, -0.2) is 29.2 Å². The smallest absolute Gasteiger partial charge is 0.209 e. The second kappa shape index (κ2) is 11.0. The first kappa shape index (κ1) is 29.5. The fourth-order valence-corrected chi connectivity index (χ4v) is 7.28. The lowest BCUT2D eigenvalue weighted by molar-refractivity contribution is -0.438. The number of unbranched alkanes of at least 4 members (excludes halogenated alkanes) is 2. The zero-order valence-electron chi connectivity index (χ0n) is 24.3. The van der Waals surface area contributed by atoms with Crippen LogP contribution in [0.1, 0.15) is 78.4 Å². The highest BCUT2D eigenvalue weighted by Gasteiger charge is 2.46. The van der Waals surface area contributed by atoms with Gasteiger partial charge in [-0.2, -0.15) is 4.58 Å². The van der Waals surface area contributed by atoms with Gasteiger partial charge in [-0.15, -0.1) is 0 Å². The van der Waals surface area contributed by atoms with E-state index < -0.39 is 0 Å². The molecule has 0 unspecified atom stereocenters. The molecule has 0 spiro atoms. The molecule has 0 amide bonds. The lowest BCUT2D eigenvalue weighted by Gasteiger charge is -2.33. The second-order valence-corrected chi connectivity index (χ2v) is 14.6. The predicted octanol–water partition coefficient (Wildman–Crippen LogP) is 7.68. The van der Waals surface area contributed by atoms with Crippen LogP contribution in [0.15, 0.2) is 71.2 Å². The Kier molecular flexibility index (Phi) is 8.16. The molecular weight excluding hydrogens is 722 g/mol. The predicted molar refractivity (Wildman–Crippen MR) is 180 cm³/mol. The minimum absolute atomic E-state index is 0.140. The summed E-state index contributed by atoms with van der Waals surface area (Å²) < 4.78 is 4.70. The van der Waals surface area contributed by atoms with Gasteiger partial charge in [0.2, 0.25) is 5.69 Å². The Balaban J connectivity index is 1.58. The van der Waals surface area contributed by atoms with Gasteiger partial charge in [-0.1, -0.05) is 46.3 Å². The third-order valence-electron chi connectivity index (χ3n) is 8.72. The summed E-state index contributed by atoms with van der Waals surface area (Å²) in [5.41, 5.74) is 6.96. The summed E-state index contributed by atoms with van der Waals surface area (Å²) in [6.45, 7) is 14.9. The topological polar surface area (TPSA) is 46.4 Å². The first-order chi connectivity index (χ1) is 18.9. The molecule has 0 atom stereocenters. The van der Waals surface area contributed by atoms with Crippen molar-refractivity contribution in [3.05, 3.63) is 89.4 Å². The first-order valence-corrected chi connectivity index (χ1v) is 16.5. The van der Waals surface area contributed by atoms with Crippen LogP contribution < -0.4 is 10.0 Å². The highest BCUT2D eigenvalue weighted by atomic mass is 127. The minimum Gasteiger partial charge on any atom is -0.871 e. The van der Waals surface area contributed by atoms with Crippen molar-refractivity contribution < 1.29 is 14.5 Å². The zero-order chi connectivity index (χ0) is 29.0. The Hall–Kier alpha value is -1.94. The number of hydrogen-bond donors (Lipinski definition) is 0. The Labute approximate surface area is 266 Å². The molecule has 0 saturated heterocycles. The van der Waals surface area contributed by atoms with Gasteiger partial charge in [0.25, 0.3) is 0 Å². The largest absolute Gasteiger partial charge is 0.871 e. The number of fused-ring (bicyclic) bond motifs is 2. The summed E-state index contributed by atoms with van der Waals surface area (Å²) >= 11 is 4.72. The van der Waals surface area contributed by atoms with E-state index in [1.807, 2.05) is 12.2 Å². The molecule has 0 saturated carbocycles. The Morgan fingerprint density at radius 3 is 2.20 bits per heavy atom. The number of Topliss-reactive ketones (excluding diaryl/α,β-unsaturated/α-hetero) is 1. The molecule has 2 aliphatic heterocycles. The second-order valence-electron chi connectivity index (χ2n) is 12.1. The van der Waals surface area contributed by atoms with E-state index in [1.54, 1.807) is 0 Å². The number of nitrogens with zero attached hydrogens (tertiary/aromatic N) is 2. The monoisotopic (exact) mass is 760 g/mol. The van der Waals surface area contributed by atoms with Crippen molar-refractivity contribution >= 4 is 68.1 Å². The Morgan fingerprint density at radius 2 is 1.55 bits per heavy atom. The molecule has 0 bridgehead atoms. The molecule has 0 fully saturated rings. The summed E-state index contributed by atoms with van der Waals surface area (Å²) in [5.74, 6) is -0.280. The fraction of sp³-hybridized carbons (Fsp3) is 0.412. The molecule has 5 rings (SSSR count). The van der Waals surface area contributed by atoms with Gasteiger partial charge in [0.05, 0.1) is 5.41 Å². The van der Waals surface area contributed by atoms with Crippen molar-refractivity contribution in [2.45, 2.75) is 78.1 Å². The van der Waals surface area contributed by atoms with Crippen LogP contribution in [0.25, 0.3) is 0 Å². The molecule has 2 aromatic carbocycles. The Bertz CT molecular complexity index is 1520. The maximum Gasteiger partial charge on any atom is 0.209 e. The summed E-state index contributed by atoms with van der Waals surface area (Å²) in [5, 5.41) is 13.6. The molecule has 4 nitrogen and oxygen atoms in total. The number of allylic oxidation sites excluding steroid dienone is 5. The van der Waals surface area contributed by atoms with Crippen LogP contribution >= 0.6 is 45.2 Å².